The van der Waals surface area contributed by atoms with E-state index >= 15 is 0 Å². The van der Waals surface area contributed by atoms with Crippen molar-refractivity contribution in [2.45, 2.75) is 45.8 Å². The predicted octanol–water partition coefficient (Wildman–Crippen LogP) is 2.90. The second-order valence-corrected chi connectivity index (χ2v) is 6.92. The van der Waals surface area contributed by atoms with Gasteiger partial charge < -0.3 is 10.2 Å². The third kappa shape index (κ3) is 3.05. The molecule has 0 amide bonds. The van der Waals surface area contributed by atoms with Gasteiger partial charge in [0.1, 0.15) is 5.75 Å². The lowest BCUT2D eigenvalue weighted by Crippen LogP contribution is -2.49. The summed E-state index contributed by atoms with van der Waals surface area (Å²) in [6.45, 7) is 14.4. The van der Waals surface area contributed by atoms with Crippen LogP contribution in [-0.2, 0) is 12.0 Å². The Bertz CT molecular complexity index is 523. The van der Waals surface area contributed by atoms with Crippen molar-refractivity contribution in [1.82, 2.24) is 4.90 Å². The zero-order chi connectivity index (χ0) is 15.1. The molecule has 0 spiro atoms. The quantitative estimate of drug-likeness (QED) is 0.891. The molecule has 1 aromatic rings. The molecule has 3 heteroatoms. The van der Waals surface area contributed by atoms with Gasteiger partial charge in [-0.3, -0.25) is 4.90 Å². The molecule has 110 valence electrons. The van der Waals surface area contributed by atoms with Crippen molar-refractivity contribution in [3.63, 3.8) is 0 Å². The maximum Gasteiger partial charge on any atom is 0.126 e. The van der Waals surface area contributed by atoms with Gasteiger partial charge in [0.15, 0.2) is 0 Å². The van der Waals surface area contributed by atoms with Crippen LogP contribution in [0, 0.1) is 0 Å². The number of β-amino-alcohol motifs (C(OH)–C–C–N with tert-alkyl or cyclic N) is 1. The first-order valence-electron chi connectivity index (χ1n) is 7.11. The Morgan fingerprint density at radius 1 is 1.35 bits per heavy atom. The van der Waals surface area contributed by atoms with Gasteiger partial charge >= 0.3 is 0 Å². The van der Waals surface area contributed by atoms with Crippen molar-refractivity contribution >= 4 is 5.57 Å². The zero-order valence-electron chi connectivity index (χ0n) is 12.9. The minimum absolute atomic E-state index is 0.112. The number of hydrogen-bond acceptors (Lipinski definition) is 3. The summed E-state index contributed by atoms with van der Waals surface area (Å²) in [5.41, 5.74) is 3.71. The monoisotopic (exact) mass is 275 g/mol. The van der Waals surface area contributed by atoms with E-state index in [4.69, 9.17) is 0 Å². The van der Waals surface area contributed by atoms with E-state index < -0.39 is 0 Å². The molecule has 1 aromatic carbocycles. The highest BCUT2D eigenvalue weighted by atomic mass is 16.3. The molecule has 0 unspecified atom stereocenters. The summed E-state index contributed by atoms with van der Waals surface area (Å²) >= 11 is 0. The molecule has 0 aromatic heterocycles. The van der Waals surface area contributed by atoms with Crippen LogP contribution in [0.1, 0.15) is 44.4 Å². The highest BCUT2D eigenvalue weighted by molar-refractivity contribution is 5.70. The van der Waals surface area contributed by atoms with Crippen LogP contribution in [0.5, 0.6) is 5.75 Å². The summed E-state index contributed by atoms with van der Waals surface area (Å²) in [5, 5.41) is 19.8. The van der Waals surface area contributed by atoms with Crippen molar-refractivity contribution in [1.29, 1.82) is 0 Å². The normalized spacial score (nSPS) is 17.1. The Morgan fingerprint density at radius 3 is 2.40 bits per heavy atom. The van der Waals surface area contributed by atoms with E-state index in [0.717, 1.165) is 41.9 Å². The summed E-state index contributed by atoms with van der Waals surface area (Å²) in [6, 6.07) is 4.09. The molecule has 1 aliphatic heterocycles. The molecule has 2 N–H and O–H groups in total. The second kappa shape index (κ2) is 5.23. The summed E-state index contributed by atoms with van der Waals surface area (Å²) in [6.07, 6.45) is -0.185. The molecule has 1 aliphatic rings. The molecule has 0 atom stereocenters. The highest BCUT2D eigenvalue weighted by Crippen LogP contribution is 2.37. The van der Waals surface area contributed by atoms with Crippen LogP contribution in [0.3, 0.4) is 0 Å². The maximum absolute atomic E-state index is 10.5. The molecule has 1 fully saturated rings. The number of aliphatic hydroxyl groups excluding tert-OH is 1. The van der Waals surface area contributed by atoms with Gasteiger partial charge in [-0.15, -0.1) is 0 Å². The van der Waals surface area contributed by atoms with Gasteiger partial charge in [0.2, 0.25) is 0 Å². The minimum atomic E-state index is -0.185. The lowest BCUT2D eigenvalue weighted by Gasteiger charge is -2.36. The van der Waals surface area contributed by atoms with Crippen LogP contribution in [0.25, 0.3) is 5.57 Å². The van der Waals surface area contributed by atoms with Crippen LogP contribution in [-0.4, -0.2) is 34.3 Å². The van der Waals surface area contributed by atoms with E-state index in [1.54, 1.807) is 0 Å². The van der Waals surface area contributed by atoms with Gasteiger partial charge in [-0.25, -0.2) is 0 Å². The Kier molecular flexibility index (Phi) is 3.94. The average Bonchev–Trinajstić information content (AvgIpc) is 2.27. The molecule has 0 radical (unpaired) electrons. The average molecular weight is 275 g/mol. The predicted molar refractivity (Wildman–Crippen MR) is 82.8 cm³/mol. The van der Waals surface area contributed by atoms with Crippen LogP contribution >= 0.6 is 0 Å². The summed E-state index contributed by atoms with van der Waals surface area (Å²) < 4.78 is 0. The van der Waals surface area contributed by atoms with E-state index in [1.165, 1.54) is 0 Å². The molecule has 1 saturated heterocycles. The van der Waals surface area contributed by atoms with Crippen LogP contribution in [0.15, 0.2) is 18.7 Å². The lowest BCUT2D eigenvalue weighted by molar-refractivity contribution is -0.00289. The van der Waals surface area contributed by atoms with E-state index in [1.807, 2.05) is 13.0 Å². The number of likely N-dealkylation sites (tertiary alicyclic amines) is 1. The van der Waals surface area contributed by atoms with Gasteiger partial charge in [0, 0.05) is 30.8 Å². The second-order valence-electron chi connectivity index (χ2n) is 6.92. The Hall–Kier alpha value is -1.32. The van der Waals surface area contributed by atoms with Gasteiger partial charge in [-0.05, 0) is 29.5 Å². The standard InChI is InChI=1S/C17H25NO2/c1-11(2)14-6-12(8-18-9-13(19)10-18)7-15(16(14)20)17(3,4)5/h6-7,13,19-20H,1,8-10H2,2-5H3. The van der Waals surface area contributed by atoms with Crippen LogP contribution < -0.4 is 0 Å². The van der Waals surface area contributed by atoms with Gasteiger partial charge in [-0.2, -0.15) is 0 Å². The number of rotatable bonds is 3. The number of allylic oxidation sites excluding steroid dienone is 1. The minimum Gasteiger partial charge on any atom is -0.507 e. The lowest BCUT2D eigenvalue weighted by atomic mass is 9.83. The van der Waals surface area contributed by atoms with Crippen molar-refractivity contribution in [3.8, 4) is 5.75 Å². The summed E-state index contributed by atoms with van der Waals surface area (Å²) in [7, 11) is 0. The number of phenolic OH excluding ortho intramolecular Hbond substituents is 1. The number of hydrogen-bond donors (Lipinski definition) is 2. The summed E-state index contributed by atoms with van der Waals surface area (Å²) in [5.74, 6) is 0.345. The molecule has 0 bridgehead atoms. The van der Waals surface area contributed by atoms with Crippen LogP contribution in [0.4, 0.5) is 0 Å². The number of benzene rings is 1. The van der Waals surface area contributed by atoms with E-state index in [-0.39, 0.29) is 11.5 Å². The molecule has 3 nitrogen and oxygen atoms in total. The largest absolute Gasteiger partial charge is 0.507 e. The van der Waals surface area contributed by atoms with Gasteiger partial charge in [0.25, 0.3) is 0 Å². The third-order valence-corrected chi connectivity index (χ3v) is 3.78. The SMILES string of the molecule is C=C(C)c1cc(CN2CC(O)C2)cc(C(C)(C)C)c1O. The Balaban J connectivity index is 2.37. The Morgan fingerprint density at radius 2 is 1.95 bits per heavy atom. The van der Waals surface area contributed by atoms with Crippen molar-refractivity contribution in [2.75, 3.05) is 13.1 Å². The van der Waals surface area contributed by atoms with E-state index in [9.17, 15) is 10.2 Å². The van der Waals surface area contributed by atoms with Crippen molar-refractivity contribution < 1.29 is 10.2 Å². The van der Waals surface area contributed by atoms with E-state index in [2.05, 4.69) is 38.3 Å². The first-order valence-corrected chi connectivity index (χ1v) is 7.11. The first kappa shape index (κ1) is 15.1. The topological polar surface area (TPSA) is 43.7 Å². The number of phenols is 1. The third-order valence-electron chi connectivity index (χ3n) is 3.78. The summed E-state index contributed by atoms with van der Waals surface area (Å²) in [4.78, 5) is 2.20. The van der Waals surface area contributed by atoms with Gasteiger partial charge in [0.05, 0.1) is 6.10 Å². The molecule has 1 heterocycles. The maximum atomic E-state index is 10.5. The molecular formula is C17H25NO2. The fraction of sp³-hybridized carbons (Fsp3) is 0.529. The molecule has 0 saturated carbocycles. The smallest absolute Gasteiger partial charge is 0.126 e. The molecule has 2 rings (SSSR count). The fourth-order valence-corrected chi connectivity index (χ4v) is 2.61. The molecule has 20 heavy (non-hydrogen) atoms. The Labute approximate surface area is 121 Å². The fourth-order valence-electron chi connectivity index (χ4n) is 2.61. The van der Waals surface area contributed by atoms with Gasteiger partial charge in [-0.1, -0.05) is 33.4 Å². The number of aliphatic hydroxyl groups is 1. The van der Waals surface area contributed by atoms with Crippen LogP contribution in [0.2, 0.25) is 0 Å². The highest BCUT2D eigenvalue weighted by Gasteiger charge is 2.26. The molecular weight excluding hydrogens is 250 g/mol. The zero-order valence-corrected chi connectivity index (χ0v) is 12.9. The first-order chi connectivity index (χ1) is 9.18. The molecule has 0 aliphatic carbocycles. The number of aromatic hydroxyl groups is 1. The van der Waals surface area contributed by atoms with E-state index in [0.29, 0.717) is 5.75 Å². The van der Waals surface area contributed by atoms with Crippen molar-refractivity contribution in [3.05, 3.63) is 35.4 Å². The van der Waals surface area contributed by atoms with Crippen molar-refractivity contribution in [2.24, 2.45) is 0 Å². The number of nitrogens with zero attached hydrogens (tertiary/aromatic N) is 1.